The highest BCUT2D eigenvalue weighted by Crippen LogP contribution is 2.38. The summed E-state index contributed by atoms with van der Waals surface area (Å²) in [6.07, 6.45) is 3.00. The van der Waals surface area contributed by atoms with Crippen molar-refractivity contribution >= 4 is 38.5 Å². The Morgan fingerprint density at radius 3 is 2.60 bits per heavy atom. The van der Waals surface area contributed by atoms with Gasteiger partial charge in [-0.3, -0.25) is 0 Å². The van der Waals surface area contributed by atoms with Gasteiger partial charge in [-0.05, 0) is 62.6 Å². The van der Waals surface area contributed by atoms with Crippen molar-refractivity contribution in [2.75, 3.05) is 11.6 Å². The summed E-state index contributed by atoms with van der Waals surface area (Å²) in [5.74, 6) is 0.841. The van der Waals surface area contributed by atoms with Gasteiger partial charge in [0.2, 0.25) is 0 Å². The Morgan fingerprint density at radius 2 is 1.77 bits per heavy atom. The number of hydrogen-bond donors (Lipinski definition) is 0. The summed E-state index contributed by atoms with van der Waals surface area (Å²) in [5, 5.41) is 3.58. The molecule has 0 spiro atoms. The Bertz CT molecular complexity index is 1640. The summed E-state index contributed by atoms with van der Waals surface area (Å²) in [7, 11) is 0. The molecule has 0 amide bonds. The topological polar surface area (TPSA) is 47.6 Å². The molecule has 0 saturated heterocycles. The number of hydrogen-bond acceptors (Lipinski definition) is 4. The van der Waals surface area contributed by atoms with Crippen LogP contribution in [0, 0.1) is 6.92 Å². The van der Waals surface area contributed by atoms with Crippen LogP contribution in [-0.2, 0) is 19.5 Å². The summed E-state index contributed by atoms with van der Waals surface area (Å²) in [5.41, 5.74) is 7.14. The lowest BCUT2D eigenvalue weighted by Gasteiger charge is -2.32. The van der Waals surface area contributed by atoms with Crippen LogP contribution in [0.15, 0.2) is 63.8 Å². The number of aromatic nitrogens is 1. The lowest BCUT2D eigenvalue weighted by Crippen LogP contribution is -2.32. The molecule has 0 bridgehead atoms. The summed E-state index contributed by atoms with van der Waals surface area (Å²) in [6.45, 7) is 8.49. The zero-order valence-corrected chi connectivity index (χ0v) is 20.6. The number of nitrogens with zero attached hydrogens (tertiary/aromatic N) is 2. The second-order valence-corrected chi connectivity index (χ2v) is 9.49. The van der Waals surface area contributed by atoms with Gasteiger partial charge in [0, 0.05) is 63.2 Å². The fraction of sp³-hybridized carbons (Fsp3) is 0.300. The standard InChI is InChI=1S/C30H30N2O3/c1-4-6-9-20-15-28(33)35-30-19(3)29-21(14-24(20)30)17-31(18-34-29)22-12-13-27-25(16-22)23-10-7-8-11-26(23)32(27)5-2/h7-8,10-16H,4-6,9,17-18H2,1-3H3. The predicted octanol–water partition coefficient (Wildman–Crippen LogP) is 6.93. The molecule has 0 saturated carbocycles. The van der Waals surface area contributed by atoms with Gasteiger partial charge in [0.05, 0.1) is 0 Å². The minimum Gasteiger partial charge on any atom is -0.472 e. The van der Waals surface area contributed by atoms with Crippen LogP contribution in [0.2, 0.25) is 0 Å². The Kier molecular flexibility index (Phi) is 5.28. The van der Waals surface area contributed by atoms with Crippen LogP contribution in [0.4, 0.5) is 5.69 Å². The van der Waals surface area contributed by atoms with E-state index in [1.165, 1.54) is 21.8 Å². The number of benzene rings is 3. The van der Waals surface area contributed by atoms with Gasteiger partial charge in [-0.25, -0.2) is 4.79 Å². The molecule has 1 aliphatic heterocycles. The van der Waals surface area contributed by atoms with Crippen molar-refractivity contribution in [2.24, 2.45) is 0 Å². The molecule has 1 aliphatic rings. The first-order valence-corrected chi connectivity index (χ1v) is 12.6. The average Bonchev–Trinajstić information content (AvgIpc) is 3.20. The Balaban J connectivity index is 1.43. The molecule has 3 heterocycles. The maximum Gasteiger partial charge on any atom is 0.336 e. The smallest absolute Gasteiger partial charge is 0.336 e. The highest BCUT2D eigenvalue weighted by molar-refractivity contribution is 6.09. The number of ether oxygens (including phenoxy) is 1. The van der Waals surface area contributed by atoms with Crippen molar-refractivity contribution in [3.05, 3.63) is 81.7 Å². The number of fused-ring (bicyclic) bond motifs is 5. The van der Waals surface area contributed by atoms with Crippen molar-refractivity contribution in [3.8, 4) is 5.75 Å². The Hall–Kier alpha value is -3.73. The average molecular weight is 467 g/mol. The monoisotopic (exact) mass is 466 g/mol. The maximum absolute atomic E-state index is 12.2. The second-order valence-electron chi connectivity index (χ2n) is 9.49. The normalized spacial score (nSPS) is 13.5. The van der Waals surface area contributed by atoms with Crippen molar-refractivity contribution in [2.45, 2.75) is 53.1 Å². The van der Waals surface area contributed by atoms with E-state index in [4.69, 9.17) is 9.15 Å². The fourth-order valence-corrected chi connectivity index (χ4v) is 5.60. The molecule has 178 valence electrons. The number of anilines is 1. The molecule has 0 unspecified atom stereocenters. The van der Waals surface area contributed by atoms with Crippen LogP contribution >= 0.6 is 0 Å². The van der Waals surface area contributed by atoms with Crippen molar-refractivity contribution in [1.82, 2.24) is 4.57 Å². The number of para-hydroxylation sites is 1. The quantitative estimate of drug-likeness (QED) is 0.264. The van der Waals surface area contributed by atoms with E-state index >= 15 is 0 Å². The van der Waals surface area contributed by atoms with Crippen molar-refractivity contribution in [3.63, 3.8) is 0 Å². The predicted molar refractivity (Wildman–Crippen MR) is 143 cm³/mol. The van der Waals surface area contributed by atoms with Crippen LogP contribution in [-0.4, -0.2) is 11.3 Å². The molecule has 3 aromatic carbocycles. The van der Waals surface area contributed by atoms with Gasteiger partial charge in [0.1, 0.15) is 11.3 Å². The molecule has 0 fully saturated rings. The number of rotatable bonds is 5. The van der Waals surface area contributed by atoms with Crippen molar-refractivity contribution in [1.29, 1.82) is 0 Å². The molecule has 0 aliphatic carbocycles. The van der Waals surface area contributed by atoms with Gasteiger partial charge in [0.25, 0.3) is 0 Å². The van der Waals surface area contributed by atoms with Gasteiger partial charge >= 0.3 is 5.63 Å². The third-order valence-electron chi connectivity index (χ3n) is 7.34. The van der Waals surface area contributed by atoms with Crippen LogP contribution in [0.25, 0.3) is 32.8 Å². The largest absolute Gasteiger partial charge is 0.472 e. The Labute approximate surface area is 204 Å². The molecule has 5 heteroatoms. The second kappa shape index (κ2) is 8.49. The zero-order valence-electron chi connectivity index (χ0n) is 20.6. The SMILES string of the molecule is CCCCc1cc(=O)oc2c(C)c3c(cc12)CN(c1ccc2c(c1)c1ccccc1n2CC)CO3. The third kappa shape index (κ3) is 3.49. The van der Waals surface area contributed by atoms with Crippen molar-refractivity contribution < 1.29 is 9.15 Å². The van der Waals surface area contributed by atoms with E-state index in [1.807, 2.05) is 6.92 Å². The van der Waals surface area contributed by atoms with Crippen LogP contribution in [0.5, 0.6) is 5.75 Å². The van der Waals surface area contributed by atoms with Gasteiger partial charge in [-0.15, -0.1) is 0 Å². The Morgan fingerprint density at radius 1 is 0.943 bits per heavy atom. The van der Waals surface area contributed by atoms with Gasteiger partial charge < -0.3 is 18.6 Å². The molecule has 0 radical (unpaired) electrons. The number of aryl methyl sites for hydroxylation is 3. The van der Waals surface area contributed by atoms with Crippen LogP contribution in [0.3, 0.4) is 0 Å². The van der Waals surface area contributed by atoms with E-state index in [0.29, 0.717) is 12.3 Å². The molecule has 2 aromatic heterocycles. The lowest BCUT2D eigenvalue weighted by molar-refractivity contribution is 0.287. The molecule has 0 N–H and O–H groups in total. The highest BCUT2D eigenvalue weighted by Gasteiger charge is 2.24. The van der Waals surface area contributed by atoms with Crippen LogP contribution in [0.1, 0.15) is 43.4 Å². The summed E-state index contributed by atoms with van der Waals surface area (Å²) < 4.78 is 14.3. The van der Waals surface area contributed by atoms with Gasteiger partial charge in [-0.1, -0.05) is 31.5 Å². The van der Waals surface area contributed by atoms with Crippen LogP contribution < -0.4 is 15.3 Å². The summed E-state index contributed by atoms with van der Waals surface area (Å²) in [6, 6.07) is 19.1. The first-order valence-electron chi connectivity index (χ1n) is 12.6. The third-order valence-corrected chi connectivity index (χ3v) is 7.34. The molecule has 0 atom stereocenters. The molecular weight excluding hydrogens is 436 g/mol. The minimum atomic E-state index is -0.288. The molecule has 5 nitrogen and oxygen atoms in total. The van der Waals surface area contributed by atoms with E-state index < -0.39 is 0 Å². The van der Waals surface area contributed by atoms with E-state index in [-0.39, 0.29) is 5.63 Å². The van der Waals surface area contributed by atoms with Gasteiger partial charge in [-0.2, -0.15) is 0 Å². The zero-order chi connectivity index (χ0) is 24.1. The maximum atomic E-state index is 12.2. The van der Waals surface area contributed by atoms with Gasteiger partial charge in [0.15, 0.2) is 6.73 Å². The van der Waals surface area contributed by atoms with E-state index in [2.05, 4.69) is 71.8 Å². The summed E-state index contributed by atoms with van der Waals surface area (Å²) in [4.78, 5) is 14.5. The first kappa shape index (κ1) is 21.8. The fourth-order valence-electron chi connectivity index (χ4n) is 5.60. The molecule has 5 aromatic rings. The molecule has 6 rings (SSSR count). The minimum absolute atomic E-state index is 0.288. The van der Waals surface area contributed by atoms with E-state index in [1.54, 1.807) is 6.07 Å². The van der Waals surface area contributed by atoms with E-state index in [9.17, 15) is 4.79 Å². The highest BCUT2D eigenvalue weighted by atomic mass is 16.5. The van der Waals surface area contributed by atoms with E-state index in [0.717, 1.165) is 65.9 Å². The summed E-state index contributed by atoms with van der Waals surface area (Å²) >= 11 is 0. The molecule has 35 heavy (non-hydrogen) atoms. The molecular formula is C30H30N2O3. The first-order chi connectivity index (χ1) is 17.1. The lowest BCUT2D eigenvalue weighted by atomic mass is 9.98. The number of unbranched alkanes of at least 4 members (excludes halogenated alkanes) is 1.